The minimum atomic E-state index is 0.205. The van der Waals surface area contributed by atoms with Crippen molar-refractivity contribution in [2.24, 2.45) is 0 Å². The third kappa shape index (κ3) is 2.72. The highest BCUT2D eigenvalue weighted by molar-refractivity contribution is 5.85. The predicted molar refractivity (Wildman–Crippen MR) is 98.2 cm³/mol. The molecule has 1 aliphatic heterocycles. The van der Waals surface area contributed by atoms with Crippen LogP contribution >= 0.6 is 0 Å². The van der Waals surface area contributed by atoms with Crippen LogP contribution < -0.4 is 0 Å². The summed E-state index contributed by atoms with van der Waals surface area (Å²) in [6.45, 7) is 6.52. The molecule has 1 aliphatic rings. The van der Waals surface area contributed by atoms with Crippen LogP contribution in [-0.2, 0) is 0 Å². The zero-order valence-electron chi connectivity index (χ0n) is 14.4. The number of aromatic amines is 1. The Morgan fingerprint density at radius 1 is 1.00 bits per heavy atom. The van der Waals surface area contributed by atoms with Gasteiger partial charge in [-0.1, -0.05) is 24.3 Å². The van der Waals surface area contributed by atoms with Crippen LogP contribution in [0.2, 0.25) is 0 Å². The number of rotatable bonds is 3. The van der Waals surface area contributed by atoms with E-state index in [1.807, 2.05) is 12.3 Å². The maximum absolute atomic E-state index is 4.71. The fourth-order valence-corrected chi connectivity index (χ4v) is 3.79. The third-order valence-electron chi connectivity index (χ3n) is 5.09. The second kappa shape index (κ2) is 6.38. The number of nitrogens with zero attached hydrogens (tertiary/aromatic N) is 3. The van der Waals surface area contributed by atoms with Gasteiger partial charge in [0.1, 0.15) is 0 Å². The quantitative estimate of drug-likeness (QED) is 0.805. The van der Waals surface area contributed by atoms with Crippen LogP contribution in [0.3, 0.4) is 0 Å². The molecule has 0 bridgehead atoms. The van der Waals surface area contributed by atoms with Gasteiger partial charge in [-0.3, -0.25) is 9.88 Å². The summed E-state index contributed by atoms with van der Waals surface area (Å²) in [5.41, 5.74) is 4.95. The third-order valence-corrected chi connectivity index (χ3v) is 5.09. The van der Waals surface area contributed by atoms with Gasteiger partial charge >= 0.3 is 0 Å². The zero-order valence-corrected chi connectivity index (χ0v) is 14.4. The first-order valence-electron chi connectivity index (χ1n) is 8.65. The van der Waals surface area contributed by atoms with Crippen molar-refractivity contribution in [3.05, 3.63) is 65.6 Å². The molecular weight excluding hydrogens is 296 g/mol. The lowest BCUT2D eigenvalue weighted by molar-refractivity contribution is 0.126. The Kier molecular flexibility index (Phi) is 4.08. The Labute approximate surface area is 143 Å². The number of hydrogen-bond acceptors (Lipinski definition) is 3. The molecule has 0 radical (unpaired) electrons. The number of para-hydroxylation sites is 1. The molecule has 0 amide bonds. The molecular formula is C20H24N4. The first-order valence-corrected chi connectivity index (χ1v) is 8.65. The fourth-order valence-electron chi connectivity index (χ4n) is 3.79. The number of likely N-dealkylation sites (N-methyl/N-ethyl adjacent to an activating group) is 1. The highest BCUT2D eigenvalue weighted by atomic mass is 15.3. The zero-order chi connectivity index (χ0) is 16.5. The molecule has 1 N–H and O–H groups in total. The SMILES string of the molecule is Cc1[nH]c2ccccc2c1[C@@H](c1ccccn1)N1CCN(C)CC1. The Morgan fingerprint density at radius 2 is 1.75 bits per heavy atom. The average Bonchev–Trinajstić information content (AvgIpc) is 2.94. The van der Waals surface area contributed by atoms with Crippen LogP contribution in [0.25, 0.3) is 10.9 Å². The van der Waals surface area contributed by atoms with Crippen molar-refractivity contribution in [1.82, 2.24) is 19.8 Å². The smallest absolute Gasteiger partial charge is 0.0800 e. The van der Waals surface area contributed by atoms with E-state index in [1.165, 1.54) is 22.2 Å². The van der Waals surface area contributed by atoms with E-state index < -0.39 is 0 Å². The summed E-state index contributed by atoms with van der Waals surface area (Å²) in [6.07, 6.45) is 1.91. The number of hydrogen-bond donors (Lipinski definition) is 1. The second-order valence-electron chi connectivity index (χ2n) is 6.71. The van der Waals surface area contributed by atoms with E-state index in [-0.39, 0.29) is 6.04 Å². The summed E-state index contributed by atoms with van der Waals surface area (Å²) in [7, 11) is 2.20. The van der Waals surface area contributed by atoms with Crippen LogP contribution in [0, 0.1) is 6.92 Å². The lowest BCUT2D eigenvalue weighted by Gasteiger charge is -2.38. The molecule has 3 heterocycles. The molecule has 3 aromatic rings. The number of piperazine rings is 1. The molecule has 1 saturated heterocycles. The summed E-state index contributed by atoms with van der Waals surface area (Å²) < 4.78 is 0. The molecule has 124 valence electrons. The topological polar surface area (TPSA) is 35.2 Å². The molecule has 4 heteroatoms. The lowest BCUT2D eigenvalue weighted by atomic mass is 9.97. The number of aromatic nitrogens is 2. The molecule has 0 aliphatic carbocycles. The van der Waals surface area contributed by atoms with Crippen molar-refractivity contribution in [3.63, 3.8) is 0 Å². The van der Waals surface area contributed by atoms with Gasteiger partial charge in [-0.25, -0.2) is 0 Å². The molecule has 24 heavy (non-hydrogen) atoms. The number of pyridine rings is 1. The van der Waals surface area contributed by atoms with Crippen LogP contribution in [-0.4, -0.2) is 53.0 Å². The average molecular weight is 320 g/mol. The molecule has 1 atom stereocenters. The standard InChI is InChI=1S/C20H24N4/c1-15-19(16-7-3-4-8-17(16)22-15)20(18-9-5-6-10-21-18)24-13-11-23(2)12-14-24/h3-10,20,22H,11-14H2,1-2H3/t20-/m1/s1. The summed E-state index contributed by atoms with van der Waals surface area (Å²) in [4.78, 5) is 13.2. The molecule has 1 fully saturated rings. The number of nitrogens with one attached hydrogen (secondary N) is 1. The minimum Gasteiger partial charge on any atom is -0.358 e. The lowest BCUT2D eigenvalue weighted by Crippen LogP contribution is -2.46. The Balaban J connectivity index is 1.84. The van der Waals surface area contributed by atoms with E-state index in [9.17, 15) is 0 Å². The van der Waals surface area contributed by atoms with Gasteiger partial charge in [-0.15, -0.1) is 0 Å². The van der Waals surface area contributed by atoms with Crippen molar-refractivity contribution in [1.29, 1.82) is 0 Å². The predicted octanol–water partition coefficient (Wildman–Crippen LogP) is 3.21. The number of aryl methyl sites for hydroxylation is 1. The maximum Gasteiger partial charge on any atom is 0.0800 e. The maximum atomic E-state index is 4.71. The number of fused-ring (bicyclic) bond motifs is 1. The van der Waals surface area contributed by atoms with E-state index in [4.69, 9.17) is 4.98 Å². The summed E-state index contributed by atoms with van der Waals surface area (Å²) >= 11 is 0. The Bertz CT molecular complexity index is 816. The largest absolute Gasteiger partial charge is 0.358 e. The van der Waals surface area contributed by atoms with Crippen molar-refractivity contribution in [2.45, 2.75) is 13.0 Å². The van der Waals surface area contributed by atoms with E-state index in [0.29, 0.717) is 0 Å². The van der Waals surface area contributed by atoms with Crippen LogP contribution in [0.4, 0.5) is 0 Å². The Morgan fingerprint density at radius 3 is 2.50 bits per heavy atom. The van der Waals surface area contributed by atoms with Crippen LogP contribution in [0.1, 0.15) is 23.0 Å². The normalized spacial score (nSPS) is 18.1. The summed E-state index contributed by atoms with van der Waals surface area (Å²) in [6, 6.07) is 15.0. The highest BCUT2D eigenvalue weighted by Crippen LogP contribution is 2.35. The van der Waals surface area contributed by atoms with E-state index >= 15 is 0 Å². The van der Waals surface area contributed by atoms with Crippen molar-refractivity contribution >= 4 is 10.9 Å². The minimum absolute atomic E-state index is 0.205. The number of benzene rings is 1. The van der Waals surface area contributed by atoms with Gasteiger partial charge in [-0.2, -0.15) is 0 Å². The Hall–Kier alpha value is -2.17. The van der Waals surface area contributed by atoms with Gasteiger partial charge in [-0.05, 0) is 32.2 Å². The van der Waals surface area contributed by atoms with Gasteiger partial charge in [0.25, 0.3) is 0 Å². The van der Waals surface area contributed by atoms with Crippen LogP contribution in [0.15, 0.2) is 48.7 Å². The van der Waals surface area contributed by atoms with Crippen molar-refractivity contribution in [2.75, 3.05) is 33.2 Å². The molecule has 4 rings (SSSR count). The van der Waals surface area contributed by atoms with Crippen molar-refractivity contribution in [3.8, 4) is 0 Å². The highest BCUT2D eigenvalue weighted by Gasteiger charge is 2.29. The first-order chi connectivity index (χ1) is 11.7. The molecule has 1 aromatic carbocycles. The molecule has 2 aromatic heterocycles. The second-order valence-corrected chi connectivity index (χ2v) is 6.71. The summed E-state index contributed by atoms with van der Waals surface area (Å²) in [5, 5.41) is 1.31. The van der Waals surface area contributed by atoms with Crippen LogP contribution in [0.5, 0.6) is 0 Å². The fraction of sp³-hybridized carbons (Fsp3) is 0.350. The molecule has 0 saturated carbocycles. The van der Waals surface area contributed by atoms with Gasteiger partial charge in [0.05, 0.1) is 11.7 Å². The van der Waals surface area contributed by atoms with E-state index in [0.717, 1.165) is 31.9 Å². The van der Waals surface area contributed by atoms with E-state index in [2.05, 4.69) is 65.2 Å². The van der Waals surface area contributed by atoms with Gasteiger partial charge in [0.15, 0.2) is 0 Å². The van der Waals surface area contributed by atoms with Gasteiger partial charge in [0, 0.05) is 54.5 Å². The summed E-state index contributed by atoms with van der Waals surface area (Å²) in [5.74, 6) is 0. The van der Waals surface area contributed by atoms with Gasteiger partial charge < -0.3 is 9.88 Å². The van der Waals surface area contributed by atoms with Gasteiger partial charge in [0.2, 0.25) is 0 Å². The number of H-pyrrole nitrogens is 1. The molecule has 0 spiro atoms. The monoisotopic (exact) mass is 320 g/mol. The first kappa shape index (κ1) is 15.4. The molecule has 4 nitrogen and oxygen atoms in total. The molecule has 0 unspecified atom stereocenters. The van der Waals surface area contributed by atoms with Crippen molar-refractivity contribution < 1.29 is 0 Å². The van der Waals surface area contributed by atoms with E-state index in [1.54, 1.807) is 0 Å².